The van der Waals surface area contributed by atoms with Gasteiger partial charge < -0.3 is 9.84 Å². The first-order valence-corrected chi connectivity index (χ1v) is 8.87. The molecule has 0 aromatic heterocycles. The standard InChI is InChI=1S/C20H17F3O3S/c1-2-26-19(25)17(18(24)14-9-5-3-6-10-14)16(20(21,22)23)13-27-15-11-7-4-8-12-15/h3-13,24H,2H2,1H3/b16-13+,18-17+. The first-order chi connectivity index (χ1) is 12.8. The molecule has 0 aliphatic heterocycles. The molecule has 0 amide bonds. The highest BCUT2D eigenvalue weighted by Crippen LogP contribution is 2.38. The number of ether oxygens (including phenoxy) is 1. The van der Waals surface area contributed by atoms with Crippen LogP contribution in [0.15, 0.2) is 82.1 Å². The molecular formula is C20H17F3O3S. The second-order valence-electron chi connectivity index (χ2n) is 5.27. The lowest BCUT2D eigenvalue weighted by molar-refractivity contribution is -0.140. The Morgan fingerprint density at radius 3 is 2.15 bits per heavy atom. The van der Waals surface area contributed by atoms with Gasteiger partial charge in [-0.25, -0.2) is 4.79 Å². The second kappa shape index (κ2) is 9.32. The van der Waals surface area contributed by atoms with Crippen molar-refractivity contribution in [2.75, 3.05) is 6.61 Å². The van der Waals surface area contributed by atoms with Gasteiger partial charge in [-0.1, -0.05) is 60.3 Å². The van der Waals surface area contributed by atoms with Crippen LogP contribution in [0.5, 0.6) is 0 Å². The zero-order valence-corrected chi connectivity index (χ0v) is 15.2. The quantitative estimate of drug-likeness (QED) is 0.223. The molecule has 0 heterocycles. The molecule has 3 nitrogen and oxygen atoms in total. The highest BCUT2D eigenvalue weighted by Gasteiger charge is 2.41. The van der Waals surface area contributed by atoms with Crippen LogP contribution < -0.4 is 0 Å². The highest BCUT2D eigenvalue weighted by atomic mass is 32.2. The molecule has 0 radical (unpaired) electrons. The normalized spacial score (nSPS) is 13.1. The van der Waals surface area contributed by atoms with E-state index in [2.05, 4.69) is 0 Å². The number of benzene rings is 2. The van der Waals surface area contributed by atoms with Gasteiger partial charge in [-0.15, -0.1) is 0 Å². The van der Waals surface area contributed by atoms with Gasteiger partial charge in [0.25, 0.3) is 0 Å². The summed E-state index contributed by atoms with van der Waals surface area (Å²) in [6.07, 6.45) is -4.87. The van der Waals surface area contributed by atoms with Crippen LogP contribution in [0.4, 0.5) is 13.2 Å². The zero-order chi connectivity index (χ0) is 19.9. The summed E-state index contributed by atoms with van der Waals surface area (Å²) in [7, 11) is 0. The molecule has 2 aromatic carbocycles. The van der Waals surface area contributed by atoms with Crippen molar-refractivity contribution in [2.24, 2.45) is 0 Å². The van der Waals surface area contributed by atoms with Gasteiger partial charge in [0.2, 0.25) is 0 Å². The van der Waals surface area contributed by atoms with Crippen LogP contribution in [0.3, 0.4) is 0 Å². The number of rotatable bonds is 6. The summed E-state index contributed by atoms with van der Waals surface area (Å²) in [6, 6.07) is 15.9. The fourth-order valence-corrected chi connectivity index (χ4v) is 2.99. The van der Waals surface area contributed by atoms with Crippen LogP contribution in [0, 0.1) is 0 Å². The van der Waals surface area contributed by atoms with E-state index in [9.17, 15) is 23.1 Å². The Morgan fingerprint density at radius 2 is 1.63 bits per heavy atom. The summed E-state index contributed by atoms with van der Waals surface area (Å²) < 4.78 is 45.9. The predicted octanol–water partition coefficient (Wildman–Crippen LogP) is 5.76. The van der Waals surface area contributed by atoms with Crippen molar-refractivity contribution in [1.82, 2.24) is 0 Å². The maximum absolute atomic E-state index is 13.7. The molecule has 7 heteroatoms. The Hall–Kier alpha value is -2.67. The third-order valence-electron chi connectivity index (χ3n) is 3.39. The summed E-state index contributed by atoms with van der Waals surface area (Å²) >= 11 is 0.797. The molecule has 0 bridgehead atoms. The average molecular weight is 394 g/mol. The molecule has 0 aliphatic carbocycles. The first-order valence-electron chi connectivity index (χ1n) is 7.99. The van der Waals surface area contributed by atoms with Gasteiger partial charge in [0.1, 0.15) is 11.3 Å². The van der Waals surface area contributed by atoms with Gasteiger partial charge in [0.15, 0.2) is 0 Å². The lowest BCUT2D eigenvalue weighted by Gasteiger charge is -2.16. The Kier molecular flexibility index (Phi) is 7.12. The lowest BCUT2D eigenvalue weighted by atomic mass is 10.0. The predicted molar refractivity (Wildman–Crippen MR) is 99.1 cm³/mol. The Labute approximate surface area is 159 Å². The molecule has 0 atom stereocenters. The third kappa shape index (κ3) is 5.65. The summed E-state index contributed by atoms with van der Waals surface area (Å²) in [5, 5.41) is 11.2. The smallest absolute Gasteiger partial charge is 0.417 e. The topological polar surface area (TPSA) is 46.5 Å². The molecule has 2 rings (SSSR count). The SMILES string of the molecule is CCOC(=O)C(/C(=C\Sc1ccccc1)C(F)(F)F)=C(/O)c1ccccc1. The molecule has 2 aromatic rings. The number of thioether (sulfide) groups is 1. The van der Waals surface area contributed by atoms with Gasteiger partial charge in [0.05, 0.1) is 12.2 Å². The van der Waals surface area contributed by atoms with Crippen LogP contribution in [-0.2, 0) is 9.53 Å². The van der Waals surface area contributed by atoms with E-state index in [-0.39, 0.29) is 12.2 Å². The monoisotopic (exact) mass is 394 g/mol. The van der Waals surface area contributed by atoms with Crippen molar-refractivity contribution in [3.63, 3.8) is 0 Å². The third-order valence-corrected chi connectivity index (χ3v) is 4.29. The van der Waals surface area contributed by atoms with Crippen molar-refractivity contribution in [3.8, 4) is 0 Å². The maximum Gasteiger partial charge on any atom is 0.417 e. The minimum Gasteiger partial charge on any atom is -0.506 e. The van der Waals surface area contributed by atoms with E-state index in [4.69, 9.17) is 4.74 Å². The number of hydrogen-bond donors (Lipinski definition) is 1. The minimum absolute atomic E-state index is 0.0837. The molecule has 142 valence electrons. The number of hydrogen-bond acceptors (Lipinski definition) is 4. The van der Waals surface area contributed by atoms with Crippen molar-refractivity contribution in [2.45, 2.75) is 18.0 Å². The average Bonchev–Trinajstić information content (AvgIpc) is 2.65. The number of halogens is 3. The fraction of sp³-hybridized carbons (Fsp3) is 0.150. The van der Waals surface area contributed by atoms with Crippen LogP contribution in [0.25, 0.3) is 5.76 Å². The largest absolute Gasteiger partial charge is 0.506 e. The first kappa shape index (κ1) is 20.6. The Balaban J connectivity index is 2.59. The van der Waals surface area contributed by atoms with Gasteiger partial charge in [-0.3, -0.25) is 0 Å². The van der Waals surface area contributed by atoms with E-state index in [1.165, 1.54) is 19.1 Å². The highest BCUT2D eigenvalue weighted by molar-refractivity contribution is 8.02. The van der Waals surface area contributed by atoms with Gasteiger partial charge in [0, 0.05) is 10.5 Å². The molecule has 27 heavy (non-hydrogen) atoms. The lowest BCUT2D eigenvalue weighted by Crippen LogP contribution is -2.21. The van der Waals surface area contributed by atoms with E-state index in [1.54, 1.807) is 48.5 Å². The van der Waals surface area contributed by atoms with E-state index < -0.39 is 29.1 Å². The number of esters is 1. The molecule has 0 fully saturated rings. The Bertz CT molecular complexity index is 829. The molecule has 0 saturated carbocycles. The second-order valence-corrected chi connectivity index (χ2v) is 6.21. The number of carbonyl (C=O) groups is 1. The zero-order valence-electron chi connectivity index (χ0n) is 14.4. The van der Waals surface area contributed by atoms with Crippen LogP contribution in [-0.4, -0.2) is 23.9 Å². The van der Waals surface area contributed by atoms with Crippen molar-refractivity contribution in [1.29, 1.82) is 0 Å². The molecular weight excluding hydrogens is 377 g/mol. The minimum atomic E-state index is -4.87. The van der Waals surface area contributed by atoms with Gasteiger partial charge in [-0.05, 0) is 24.5 Å². The summed E-state index contributed by atoms with van der Waals surface area (Å²) in [6.45, 7) is 1.35. The molecule has 0 unspecified atom stereocenters. The van der Waals surface area contributed by atoms with Gasteiger partial charge >= 0.3 is 12.1 Å². The van der Waals surface area contributed by atoms with Crippen LogP contribution >= 0.6 is 11.8 Å². The van der Waals surface area contributed by atoms with Crippen molar-refractivity contribution >= 4 is 23.5 Å². The molecule has 1 N–H and O–H groups in total. The van der Waals surface area contributed by atoms with E-state index in [0.29, 0.717) is 4.90 Å². The van der Waals surface area contributed by atoms with Crippen LogP contribution in [0.1, 0.15) is 12.5 Å². The molecule has 0 spiro atoms. The molecule has 0 saturated heterocycles. The van der Waals surface area contributed by atoms with E-state index >= 15 is 0 Å². The summed E-state index contributed by atoms with van der Waals surface area (Å²) in [5.41, 5.74) is -2.10. The number of aliphatic hydroxyl groups is 1. The maximum atomic E-state index is 13.7. The summed E-state index contributed by atoms with van der Waals surface area (Å²) in [4.78, 5) is 12.8. The van der Waals surface area contributed by atoms with Crippen LogP contribution in [0.2, 0.25) is 0 Å². The fourth-order valence-electron chi connectivity index (χ4n) is 2.17. The van der Waals surface area contributed by atoms with E-state index in [0.717, 1.165) is 17.2 Å². The number of carbonyl (C=O) groups excluding carboxylic acids is 1. The Morgan fingerprint density at radius 1 is 1.07 bits per heavy atom. The van der Waals surface area contributed by atoms with Crippen molar-refractivity contribution in [3.05, 3.63) is 82.8 Å². The molecule has 0 aliphatic rings. The van der Waals surface area contributed by atoms with Crippen molar-refractivity contribution < 1.29 is 27.8 Å². The van der Waals surface area contributed by atoms with Gasteiger partial charge in [-0.2, -0.15) is 13.2 Å². The summed E-state index contributed by atoms with van der Waals surface area (Å²) in [5.74, 6) is -2.03. The van der Waals surface area contributed by atoms with E-state index in [1.807, 2.05) is 0 Å². The number of alkyl halides is 3. The number of aliphatic hydroxyl groups excluding tert-OH is 1.